The number of rotatable bonds is 0. The average Bonchev–Trinajstić information content (AvgIpc) is 1.12. The van der Waals surface area contributed by atoms with E-state index in [2.05, 4.69) is 23.3 Å². The number of hydrogen-bond donors (Lipinski definition) is 2. The Balaban J connectivity index is -0.00000000970. The molecule has 0 rings (SSSR count). The molecule has 0 amide bonds. The molecule has 0 saturated carbocycles. The molecule has 92 valence electrons. The minimum Gasteiger partial charge on any atom is -0.619 e. The van der Waals surface area contributed by atoms with Crippen molar-refractivity contribution < 1.29 is 118 Å². The van der Waals surface area contributed by atoms with Crippen molar-refractivity contribution in [2.45, 2.75) is 0 Å². The summed E-state index contributed by atoms with van der Waals surface area (Å²) in [7, 11) is -8.17. The van der Waals surface area contributed by atoms with Gasteiger partial charge in [0.25, 0.3) is 0 Å². The van der Waals surface area contributed by atoms with Gasteiger partial charge in [-0.15, -0.1) is 0 Å². The Morgan fingerprint density at radius 1 is 0.750 bits per heavy atom. The molecule has 0 fully saturated rings. The van der Waals surface area contributed by atoms with Gasteiger partial charge in [0.15, 0.2) is 0 Å². The third kappa shape index (κ3) is 307. The van der Waals surface area contributed by atoms with Crippen molar-refractivity contribution in [2.24, 2.45) is 0 Å². The minimum atomic E-state index is -4.08. The summed E-state index contributed by atoms with van der Waals surface area (Å²) in [6.45, 7) is 0. The van der Waals surface area contributed by atoms with Crippen LogP contribution in [0.2, 0.25) is 0 Å². The normalized spacial score (nSPS) is 7.25. The van der Waals surface area contributed by atoms with Crippen molar-refractivity contribution >= 4 is 71.2 Å². The fraction of sp³-hybridized carbons (Fsp3) is 0. The summed E-state index contributed by atoms with van der Waals surface area (Å²) in [5.41, 5.74) is 0. The molecule has 0 heterocycles. The molecule has 0 saturated heterocycles. The van der Waals surface area contributed by atoms with E-state index in [1.54, 1.807) is 0 Å². The van der Waals surface area contributed by atoms with E-state index < -0.39 is 18.3 Å². The first kappa shape index (κ1) is 50.0. The monoisotopic (exact) mass is 528 g/mol. The van der Waals surface area contributed by atoms with E-state index in [1.807, 2.05) is 0 Å². The minimum absolute atomic E-state index is 0. The Kier molecular flexibility index (Phi) is 75.7. The molecule has 2 radical (unpaired) electrons. The van der Waals surface area contributed by atoms with Crippen molar-refractivity contribution in [3.05, 3.63) is 0 Å². The van der Waals surface area contributed by atoms with Crippen LogP contribution in [-0.2, 0) is 64.0 Å². The van der Waals surface area contributed by atoms with Gasteiger partial charge in [0.2, 0.25) is 0 Å². The fourth-order valence-corrected chi connectivity index (χ4v) is 0. The van der Waals surface area contributed by atoms with Gasteiger partial charge in [-0.2, -0.15) is 0 Å². The van der Waals surface area contributed by atoms with Crippen LogP contribution in [0.15, 0.2) is 0 Å². The van der Waals surface area contributed by atoms with E-state index >= 15 is 0 Å². The molecule has 0 atom stereocenters. The van der Waals surface area contributed by atoms with Crippen LogP contribution >= 0.6 is 0 Å². The van der Waals surface area contributed by atoms with Crippen LogP contribution in [0, 0.1) is 0 Å². The van der Waals surface area contributed by atoms with E-state index in [9.17, 15) is 0 Å². The van der Waals surface area contributed by atoms with Crippen LogP contribution in [0.25, 0.3) is 0 Å². The Hall–Kier alpha value is 4.18. The molecule has 0 unspecified atom stereocenters. The van der Waals surface area contributed by atoms with Crippen LogP contribution in [-0.4, -0.2) is 66.5 Å². The van der Waals surface area contributed by atoms with Gasteiger partial charge >= 0.3 is 59.1 Å². The molecule has 0 aromatic heterocycles. The maximum atomic E-state index is 9.00. The summed E-state index contributed by atoms with van der Waals surface area (Å²) in [5.74, 6) is 0. The van der Waals surface area contributed by atoms with E-state index in [0.717, 1.165) is 0 Å². The number of hydrogen-bond acceptors (Lipinski definition) is 6. The van der Waals surface area contributed by atoms with Crippen molar-refractivity contribution in [3.63, 3.8) is 0 Å². The quantitative estimate of drug-likeness (QED) is 0.135. The zero-order chi connectivity index (χ0) is 9.00. The van der Waals surface area contributed by atoms with Gasteiger partial charge < -0.3 is 43.4 Å². The standard InChI is InChI=1S/Au.3Na.2H2O3S2.2H2O/c;;;;2*1-5(2,3)4;;/h;;;;2*(H2,1,2,3,4);2*1H2/q;;2*+1;;;;/p-2. The third-order valence-corrected chi connectivity index (χ3v) is 0. The molecule has 0 aliphatic heterocycles. The molecule has 0 spiro atoms. The molecule has 6 N–H and O–H groups in total. The molecule has 16 heavy (non-hydrogen) atoms. The first-order chi connectivity index (χ1) is 4.00. The second kappa shape index (κ2) is 24.2. The smallest absolute Gasteiger partial charge is 0.619 e. The molecule has 0 aliphatic rings. The summed E-state index contributed by atoms with van der Waals surface area (Å²) in [6, 6.07) is 0. The van der Waals surface area contributed by atoms with Crippen LogP contribution in [0.1, 0.15) is 0 Å². The maximum absolute atomic E-state index is 9.00. The Labute approximate surface area is 186 Å². The van der Waals surface area contributed by atoms with Gasteiger partial charge in [0.1, 0.15) is 18.3 Å². The predicted octanol–water partition coefficient (Wildman–Crippen LogP) is -9.35. The van der Waals surface area contributed by atoms with Gasteiger partial charge in [0.05, 0.1) is 0 Å². The molecule has 0 aromatic rings. The summed E-state index contributed by atoms with van der Waals surface area (Å²) < 4.78 is 50.6. The van der Waals surface area contributed by atoms with E-state index in [0.29, 0.717) is 0 Å². The average molecular weight is 528 g/mol. The first-order valence-corrected chi connectivity index (χ1v) is 6.10. The van der Waals surface area contributed by atoms with Crippen molar-refractivity contribution in [1.82, 2.24) is 0 Å². The Morgan fingerprint density at radius 3 is 0.750 bits per heavy atom. The molecule has 8 nitrogen and oxygen atoms in total. The topological polar surface area (TPSA) is 172 Å². The van der Waals surface area contributed by atoms with Gasteiger partial charge in [0, 0.05) is 51.9 Å². The Morgan fingerprint density at radius 2 is 0.750 bits per heavy atom. The third-order valence-electron chi connectivity index (χ3n) is 0. The van der Waals surface area contributed by atoms with Gasteiger partial charge in [-0.3, -0.25) is 0 Å². The van der Waals surface area contributed by atoms with E-state index in [-0.39, 0.29) is 122 Å². The van der Waals surface area contributed by atoms with Crippen LogP contribution in [0.4, 0.5) is 0 Å². The van der Waals surface area contributed by atoms with Crippen molar-refractivity contribution in [3.8, 4) is 0 Å². The van der Waals surface area contributed by atoms with Gasteiger partial charge in [-0.1, -0.05) is 0 Å². The zero-order valence-electron chi connectivity index (χ0n) is 8.46. The molecule has 0 aliphatic carbocycles. The molecular formula is H6AuNa3O8S4. The van der Waals surface area contributed by atoms with Crippen LogP contribution in [0.3, 0.4) is 0 Å². The van der Waals surface area contributed by atoms with Gasteiger partial charge in [-0.25, -0.2) is 16.8 Å². The maximum Gasteiger partial charge on any atom is 1.00 e. The van der Waals surface area contributed by atoms with Gasteiger partial charge in [-0.05, 0) is 0 Å². The van der Waals surface area contributed by atoms with E-state index in [4.69, 9.17) is 25.9 Å². The largest absolute Gasteiger partial charge is 1.00 e. The van der Waals surface area contributed by atoms with Crippen molar-refractivity contribution in [2.75, 3.05) is 0 Å². The second-order valence-corrected chi connectivity index (χ2v) is 5.09. The van der Waals surface area contributed by atoms with Crippen LogP contribution in [0.5, 0.6) is 0 Å². The summed E-state index contributed by atoms with van der Waals surface area (Å²) in [4.78, 5) is 0. The molecule has 0 aromatic carbocycles. The summed E-state index contributed by atoms with van der Waals surface area (Å²) >= 11 is 6.71. The predicted molar refractivity (Wildman–Crippen MR) is 50.8 cm³/mol. The first-order valence-electron chi connectivity index (χ1n) is 1.37. The molecule has 0 bridgehead atoms. The molecular weight excluding hydrogens is 522 g/mol. The summed E-state index contributed by atoms with van der Waals surface area (Å²) in [5, 5.41) is 0. The zero-order valence-corrected chi connectivity index (χ0v) is 19.9. The fourth-order valence-electron chi connectivity index (χ4n) is 0. The Bertz CT molecular complexity index is 224. The SMILES string of the molecule is O.O.O=S(=O)(O)[S-].O=S(=O)(O)[S-].[Au].[Na+].[Na+].[Na]. The second-order valence-electron chi connectivity index (χ2n) is 0.855. The molecule has 16 heteroatoms. The van der Waals surface area contributed by atoms with Crippen molar-refractivity contribution in [1.29, 1.82) is 0 Å². The van der Waals surface area contributed by atoms with E-state index in [1.165, 1.54) is 0 Å². The summed E-state index contributed by atoms with van der Waals surface area (Å²) in [6.07, 6.45) is 0. The van der Waals surface area contributed by atoms with Crippen LogP contribution < -0.4 is 59.1 Å².